The van der Waals surface area contributed by atoms with E-state index in [0.29, 0.717) is 18.2 Å². The molecule has 0 bridgehead atoms. The van der Waals surface area contributed by atoms with E-state index >= 15 is 0 Å². The molecule has 0 N–H and O–H groups in total. The first-order valence-electron chi connectivity index (χ1n) is 6.87. The van der Waals surface area contributed by atoms with Gasteiger partial charge < -0.3 is 4.74 Å². The van der Waals surface area contributed by atoms with Gasteiger partial charge in [0.05, 0.1) is 11.6 Å². The van der Waals surface area contributed by atoms with Crippen molar-refractivity contribution in [3.05, 3.63) is 16.1 Å². The Morgan fingerprint density at radius 2 is 2.33 bits per heavy atom. The third kappa shape index (κ3) is 3.10. The Kier molecular flexibility index (Phi) is 4.75. The molecule has 2 rings (SSSR count). The fourth-order valence-corrected chi connectivity index (χ4v) is 3.60. The Morgan fingerprint density at radius 3 is 3.06 bits per heavy atom. The van der Waals surface area contributed by atoms with E-state index in [-0.39, 0.29) is 5.97 Å². The molecule has 4 heteroatoms. The zero-order valence-corrected chi connectivity index (χ0v) is 12.0. The van der Waals surface area contributed by atoms with Crippen LogP contribution in [0.5, 0.6) is 0 Å². The van der Waals surface area contributed by atoms with E-state index in [9.17, 15) is 4.79 Å². The van der Waals surface area contributed by atoms with Crippen LogP contribution in [0.15, 0.2) is 5.38 Å². The third-order valence-electron chi connectivity index (χ3n) is 3.72. The van der Waals surface area contributed by atoms with Crippen molar-refractivity contribution in [3.63, 3.8) is 0 Å². The van der Waals surface area contributed by atoms with Gasteiger partial charge in [0.25, 0.3) is 0 Å². The number of ether oxygens (including phenoxy) is 1. The molecular weight excluding hydrogens is 246 g/mol. The van der Waals surface area contributed by atoms with Crippen molar-refractivity contribution >= 4 is 17.3 Å². The summed E-state index contributed by atoms with van der Waals surface area (Å²) in [7, 11) is 0. The maximum Gasteiger partial charge on any atom is 0.357 e. The molecule has 2 atom stereocenters. The zero-order chi connectivity index (χ0) is 13.0. The summed E-state index contributed by atoms with van der Waals surface area (Å²) in [4.78, 5) is 16.0. The van der Waals surface area contributed by atoms with Gasteiger partial charge in [0.2, 0.25) is 0 Å². The van der Waals surface area contributed by atoms with Crippen LogP contribution in [0.4, 0.5) is 0 Å². The van der Waals surface area contributed by atoms with Crippen molar-refractivity contribution in [3.8, 4) is 0 Å². The van der Waals surface area contributed by atoms with Gasteiger partial charge in [-0.2, -0.15) is 0 Å². The highest BCUT2D eigenvalue weighted by atomic mass is 32.1. The zero-order valence-electron chi connectivity index (χ0n) is 11.1. The molecule has 100 valence electrons. The van der Waals surface area contributed by atoms with Crippen molar-refractivity contribution in [2.75, 3.05) is 6.61 Å². The van der Waals surface area contributed by atoms with Crippen LogP contribution in [-0.2, 0) is 4.74 Å². The van der Waals surface area contributed by atoms with Crippen LogP contribution >= 0.6 is 11.3 Å². The van der Waals surface area contributed by atoms with Crippen LogP contribution in [0.1, 0.15) is 67.4 Å². The van der Waals surface area contributed by atoms with E-state index in [1.165, 1.54) is 32.1 Å². The molecular formula is C14H21NO2S. The summed E-state index contributed by atoms with van der Waals surface area (Å²) < 4.78 is 4.98. The second-order valence-corrected chi connectivity index (χ2v) is 5.82. The molecule has 0 saturated heterocycles. The minimum Gasteiger partial charge on any atom is -0.461 e. The lowest BCUT2D eigenvalue weighted by Crippen LogP contribution is -2.14. The van der Waals surface area contributed by atoms with Crippen LogP contribution in [0.25, 0.3) is 0 Å². The Balaban J connectivity index is 2.03. The standard InChI is InChI=1S/C14H21NO2S/c1-3-10-6-5-7-11(8-10)13-15-12(9-18-13)14(16)17-4-2/h9-11H,3-8H2,1-2H3. The number of hydrogen-bond acceptors (Lipinski definition) is 4. The molecule has 1 fully saturated rings. The summed E-state index contributed by atoms with van der Waals surface area (Å²) in [5, 5.41) is 2.96. The third-order valence-corrected chi connectivity index (χ3v) is 4.72. The molecule has 2 unspecified atom stereocenters. The summed E-state index contributed by atoms with van der Waals surface area (Å²) in [6, 6.07) is 0. The van der Waals surface area contributed by atoms with Crippen molar-refractivity contribution in [1.82, 2.24) is 4.98 Å². The van der Waals surface area contributed by atoms with Crippen molar-refractivity contribution in [1.29, 1.82) is 0 Å². The maximum absolute atomic E-state index is 11.6. The highest BCUT2D eigenvalue weighted by molar-refractivity contribution is 7.09. The van der Waals surface area contributed by atoms with Gasteiger partial charge in [-0.3, -0.25) is 0 Å². The lowest BCUT2D eigenvalue weighted by atomic mass is 9.80. The van der Waals surface area contributed by atoms with E-state index in [1.54, 1.807) is 11.3 Å². The molecule has 18 heavy (non-hydrogen) atoms. The largest absolute Gasteiger partial charge is 0.461 e. The van der Waals surface area contributed by atoms with E-state index in [0.717, 1.165) is 10.9 Å². The summed E-state index contributed by atoms with van der Waals surface area (Å²) in [5.41, 5.74) is 0.482. The molecule has 1 saturated carbocycles. The number of carbonyl (C=O) groups excluding carboxylic acids is 1. The fourth-order valence-electron chi connectivity index (χ4n) is 2.66. The lowest BCUT2D eigenvalue weighted by molar-refractivity contribution is 0.0520. The molecule has 1 aromatic heterocycles. The van der Waals surface area contributed by atoms with Crippen LogP contribution < -0.4 is 0 Å². The molecule has 3 nitrogen and oxygen atoms in total. The van der Waals surface area contributed by atoms with E-state index < -0.39 is 0 Å². The average Bonchev–Trinajstić information content (AvgIpc) is 2.89. The molecule has 1 aromatic rings. The van der Waals surface area contributed by atoms with Gasteiger partial charge in [-0.1, -0.05) is 26.2 Å². The molecule has 1 aliphatic rings. The monoisotopic (exact) mass is 267 g/mol. The highest BCUT2D eigenvalue weighted by Gasteiger charge is 2.25. The van der Waals surface area contributed by atoms with E-state index in [2.05, 4.69) is 11.9 Å². The second kappa shape index (κ2) is 6.32. The number of thiazole rings is 1. The molecule has 1 heterocycles. The van der Waals surface area contributed by atoms with Crippen LogP contribution in [0.2, 0.25) is 0 Å². The van der Waals surface area contributed by atoms with Gasteiger partial charge in [0.1, 0.15) is 0 Å². The molecule has 1 aliphatic carbocycles. The predicted octanol–water partition coefficient (Wildman–Crippen LogP) is 4.00. The van der Waals surface area contributed by atoms with Crippen LogP contribution in [-0.4, -0.2) is 17.6 Å². The molecule has 0 aliphatic heterocycles. The van der Waals surface area contributed by atoms with Gasteiger partial charge in [-0.25, -0.2) is 9.78 Å². The van der Waals surface area contributed by atoms with Gasteiger partial charge in [0, 0.05) is 11.3 Å². The van der Waals surface area contributed by atoms with E-state index in [1.807, 2.05) is 12.3 Å². The number of aromatic nitrogens is 1. The first kappa shape index (κ1) is 13.5. The van der Waals surface area contributed by atoms with Crippen LogP contribution in [0, 0.1) is 5.92 Å². The van der Waals surface area contributed by atoms with Gasteiger partial charge in [-0.05, 0) is 25.7 Å². The summed E-state index contributed by atoms with van der Waals surface area (Å²) in [6.07, 6.45) is 6.34. The number of rotatable bonds is 4. The number of hydrogen-bond donors (Lipinski definition) is 0. The SMILES string of the molecule is CCOC(=O)c1csc(C2CCCC(CC)C2)n1. The van der Waals surface area contributed by atoms with Crippen molar-refractivity contribution < 1.29 is 9.53 Å². The Hall–Kier alpha value is -0.900. The predicted molar refractivity (Wildman–Crippen MR) is 73.1 cm³/mol. The minimum atomic E-state index is -0.289. The summed E-state index contributed by atoms with van der Waals surface area (Å²) in [5.74, 6) is 1.10. The number of esters is 1. The summed E-state index contributed by atoms with van der Waals surface area (Å²) >= 11 is 1.61. The van der Waals surface area contributed by atoms with Gasteiger partial charge >= 0.3 is 5.97 Å². The van der Waals surface area contributed by atoms with E-state index in [4.69, 9.17) is 4.74 Å². The Labute approximate surface area is 113 Å². The minimum absolute atomic E-state index is 0.289. The van der Waals surface area contributed by atoms with Crippen molar-refractivity contribution in [2.24, 2.45) is 5.92 Å². The number of carbonyl (C=O) groups is 1. The first-order valence-corrected chi connectivity index (χ1v) is 7.75. The van der Waals surface area contributed by atoms with Crippen molar-refractivity contribution in [2.45, 2.75) is 51.9 Å². The smallest absolute Gasteiger partial charge is 0.357 e. The quantitative estimate of drug-likeness (QED) is 0.774. The fraction of sp³-hybridized carbons (Fsp3) is 0.714. The molecule has 0 radical (unpaired) electrons. The Morgan fingerprint density at radius 1 is 1.50 bits per heavy atom. The average molecular weight is 267 g/mol. The Bertz CT molecular complexity index is 402. The first-order chi connectivity index (χ1) is 8.74. The normalized spacial score (nSPS) is 23.9. The highest BCUT2D eigenvalue weighted by Crippen LogP contribution is 2.38. The second-order valence-electron chi connectivity index (χ2n) is 4.93. The molecule has 0 spiro atoms. The topological polar surface area (TPSA) is 39.2 Å². The van der Waals surface area contributed by atoms with Gasteiger partial charge in [0.15, 0.2) is 5.69 Å². The maximum atomic E-state index is 11.6. The molecule has 0 amide bonds. The summed E-state index contributed by atoms with van der Waals surface area (Å²) in [6.45, 7) is 4.49. The number of nitrogens with zero attached hydrogens (tertiary/aromatic N) is 1. The lowest BCUT2D eigenvalue weighted by Gasteiger charge is -2.26. The van der Waals surface area contributed by atoms with Gasteiger partial charge in [-0.15, -0.1) is 11.3 Å². The van der Waals surface area contributed by atoms with Crippen LogP contribution in [0.3, 0.4) is 0 Å². The molecule has 0 aromatic carbocycles.